The van der Waals surface area contributed by atoms with Gasteiger partial charge in [-0.3, -0.25) is 19.0 Å². The molecule has 11 nitrogen and oxygen atoms in total. The molecule has 168 valence electrons. The highest BCUT2D eigenvalue weighted by molar-refractivity contribution is 5.97. The molecular weight excluding hydrogens is 416 g/mol. The van der Waals surface area contributed by atoms with Crippen LogP contribution in [0.1, 0.15) is 12.8 Å². The van der Waals surface area contributed by atoms with Gasteiger partial charge in [-0.25, -0.2) is 14.3 Å². The van der Waals surface area contributed by atoms with Crippen molar-refractivity contribution >= 4 is 28.7 Å². The molecule has 1 fully saturated rings. The molecule has 1 saturated heterocycles. The number of nitrogens with one attached hydrogen (secondary N) is 1. The lowest BCUT2D eigenvalue weighted by Gasteiger charge is -2.24. The lowest BCUT2D eigenvalue weighted by Crippen LogP contribution is -2.48. The number of ether oxygens (including phenoxy) is 1. The first-order chi connectivity index (χ1) is 15.3. The maximum atomic E-state index is 13.0. The van der Waals surface area contributed by atoms with Gasteiger partial charge in [-0.1, -0.05) is 0 Å². The lowest BCUT2D eigenvalue weighted by molar-refractivity contribution is -0.137. The predicted molar refractivity (Wildman–Crippen MR) is 117 cm³/mol. The van der Waals surface area contributed by atoms with Gasteiger partial charge in [0, 0.05) is 26.3 Å². The van der Waals surface area contributed by atoms with E-state index in [9.17, 15) is 19.2 Å². The number of carbonyl (C=O) groups excluding carboxylic acids is 2. The van der Waals surface area contributed by atoms with Crippen molar-refractivity contribution in [2.75, 3.05) is 19.0 Å². The van der Waals surface area contributed by atoms with Crippen LogP contribution in [0.25, 0.3) is 11.2 Å². The molecule has 0 spiro atoms. The standard InChI is InChI=1S/C21H24N6O5/c1-24-12-22-18-17(24)20(30)27(21(31)25(18)2)11-16(28)26-10-4-5-15(26)19(29)23-13-6-8-14(32-3)9-7-13/h6-9,12,15H,4-5,10-11H2,1-3H3,(H,23,29). The van der Waals surface area contributed by atoms with Crippen molar-refractivity contribution in [3.05, 3.63) is 51.4 Å². The summed E-state index contributed by atoms with van der Waals surface area (Å²) in [5, 5.41) is 2.81. The van der Waals surface area contributed by atoms with Crippen LogP contribution < -0.4 is 21.3 Å². The summed E-state index contributed by atoms with van der Waals surface area (Å²) in [5.74, 6) is -0.112. The van der Waals surface area contributed by atoms with Crippen LogP contribution >= 0.6 is 0 Å². The van der Waals surface area contributed by atoms with Crippen LogP contribution in [0.15, 0.2) is 40.2 Å². The second kappa shape index (κ2) is 8.33. The van der Waals surface area contributed by atoms with Gasteiger partial charge in [0.1, 0.15) is 18.3 Å². The number of methoxy groups -OCH3 is 1. The Labute approximate surface area is 182 Å². The van der Waals surface area contributed by atoms with Crippen molar-refractivity contribution < 1.29 is 14.3 Å². The molecule has 1 aliphatic rings. The molecule has 4 rings (SSSR count). The Morgan fingerprint density at radius 2 is 1.91 bits per heavy atom. The molecule has 2 aromatic heterocycles. The molecule has 32 heavy (non-hydrogen) atoms. The number of aryl methyl sites for hydroxylation is 2. The second-order valence-corrected chi connectivity index (χ2v) is 7.72. The fraction of sp³-hybridized carbons (Fsp3) is 0.381. The molecule has 3 heterocycles. The van der Waals surface area contributed by atoms with Gasteiger partial charge in [-0.05, 0) is 37.1 Å². The van der Waals surface area contributed by atoms with E-state index in [0.717, 1.165) is 4.57 Å². The molecule has 1 aromatic carbocycles. The highest BCUT2D eigenvalue weighted by Gasteiger charge is 2.34. The Morgan fingerprint density at radius 3 is 2.59 bits per heavy atom. The number of nitrogens with zero attached hydrogens (tertiary/aromatic N) is 5. The third-order valence-corrected chi connectivity index (χ3v) is 5.73. The number of likely N-dealkylation sites (tertiary alicyclic amines) is 1. The van der Waals surface area contributed by atoms with Gasteiger partial charge < -0.3 is 19.5 Å². The van der Waals surface area contributed by atoms with Crippen LogP contribution in [0.4, 0.5) is 5.69 Å². The highest BCUT2D eigenvalue weighted by atomic mass is 16.5. The van der Waals surface area contributed by atoms with Gasteiger partial charge in [0.05, 0.1) is 13.4 Å². The number of anilines is 1. The second-order valence-electron chi connectivity index (χ2n) is 7.72. The first-order valence-electron chi connectivity index (χ1n) is 10.2. The van der Waals surface area contributed by atoms with Crippen molar-refractivity contribution in [1.82, 2.24) is 23.6 Å². The molecule has 3 aromatic rings. The zero-order chi connectivity index (χ0) is 23.0. The lowest BCUT2D eigenvalue weighted by atomic mass is 10.2. The molecule has 2 amide bonds. The molecule has 1 atom stereocenters. The maximum absolute atomic E-state index is 13.0. The smallest absolute Gasteiger partial charge is 0.332 e. The van der Waals surface area contributed by atoms with Crippen LogP contribution in [0.5, 0.6) is 5.75 Å². The highest BCUT2D eigenvalue weighted by Crippen LogP contribution is 2.21. The van der Waals surface area contributed by atoms with E-state index in [2.05, 4.69) is 10.3 Å². The summed E-state index contributed by atoms with van der Waals surface area (Å²) < 4.78 is 8.75. The fourth-order valence-corrected chi connectivity index (χ4v) is 4.00. The first-order valence-corrected chi connectivity index (χ1v) is 10.2. The van der Waals surface area contributed by atoms with Crippen molar-refractivity contribution in [3.63, 3.8) is 0 Å². The quantitative estimate of drug-likeness (QED) is 0.600. The summed E-state index contributed by atoms with van der Waals surface area (Å²) >= 11 is 0. The minimum absolute atomic E-state index is 0.232. The predicted octanol–water partition coefficient (Wildman–Crippen LogP) is 0.0720. The summed E-state index contributed by atoms with van der Waals surface area (Å²) in [5.41, 5.74) is -0.149. The van der Waals surface area contributed by atoms with Gasteiger partial charge in [0.15, 0.2) is 11.2 Å². The van der Waals surface area contributed by atoms with Crippen molar-refractivity contribution in [1.29, 1.82) is 0 Å². The summed E-state index contributed by atoms with van der Waals surface area (Å²) in [4.78, 5) is 56.9. The van der Waals surface area contributed by atoms with E-state index in [0.29, 0.717) is 30.8 Å². The molecule has 0 radical (unpaired) electrons. The molecular formula is C21H24N6O5. The number of amides is 2. The van der Waals surface area contributed by atoms with Gasteiger partial charge in [0.2, 0.25) is 11.8 Å². The normalized spacial score (nSPS) is 15.8. The van der Waals surface area contributed by atoms with Crippen LogP contribution in [-0.2, 0) is 30.2 Å². The number of fused-ring (bicyclic) bond motifs is 1. The Balaban J connectivity index is 1.55. The number of rotatable bonds is 5. The molecule has 0 aliphatic carbocycles. The molecule has 1 N–H and O–H groups in total. The summed E-state index contributed by atoms with van der Waals surface area (Å²) in [6.07, 6.45) is 2.60. The number of imidazole rings is 1. The van der Waals surface area contributed by atoms with Gasteiger partial charge >= 0.3 is 5.69 Å². The average molecular weight is 440 g/mol. The van der Waals surface area contributed by atoms with Gasteiger partial charge in [-0.2, -0.15) is 0 Å². The Kier molecular flexibility index (Phi) is 5.56. The van der Waals surface area contributed by atoms with E-state index in [4.69, 9.17) is 4.74 Å². The van der Waals surface area contributed by atoms with Crippen LogP contribution in [-0.4, -0.2) is 55.1 Å². The third-order valence-electron chi connectivity index (χ3n) is 5.73. The van der Waals surface area contributed by atoms with E-state index < -0.39 is 29.7 Å². The van der Waals surface area contributed by atoms with Crippen molar-refractivity contribution in [2.24, 2.45) is 14.1 Å². The molecule has 0 bridgehead atoms. The van der Waals surface area contributed by atoms with E-state index >= 15 is 0 Å². The summed E-state index contributed by atoms with van der Waals surface area (Å²) in [7, 11) is 4.70. The summed E-state index contributed by atoms with van der Waals surface area (Å²) in [6, 6.07) is 6.20. The van der Waals surface area contributed by atoms with Crippen LogP contribution in [0.2, 0.25) is 0 Å². The molecule has 1 aliphatic heterocycles. The Morgan fingerprint density at radius 1 is 1.19 bits per heavy atom. The van der Waals surface area contributed by atoms with E-state index in [-0.39, 0.29) is 17.1 Å². The van der Waals surface area contributed by atoms with Crippen molar-refractivity contribution in [3.8, 4) is 5.75 Å². The molecule has 1 unspecified atom stereocenters. The minimum Gasteiger partial charge on any atom is -0.497 e. The Bertz CT molecular complexity index is 1300. The minimum atomic E-state index is -0.676. The monoisotopic (exact) mass is 440 g/mol. The Hall–Kier alpha value is -3.89. The van der Waals surface area contributed by atoms with E-state index in [1.807, 2.05) is 0 Å². The zero-order valence-corrected chi connectivity index (χ0v) is 18.1. The molecule has 0 saturated carbocycles. The van der Waals surface area contributed by atoms with Gasteiger partial charge in [0.25, 0.3) is 5.56 Å². The zero-order valence-electron chi connectivity index (χ0n) is 18.1. The number of hydrogen-bond donors (Lipinski definition) is 1. The largest absolute Gasteiger partial charge is 0.497 e. The first kappa shape index (κ1) is 21.3. The van der Waals surface area contributed by atoms with Crippen molar-refractivity contribution in [2.45, 2.75) is 25.4 Å². The van der Waals surface area contributed by atoms with E-state index in [1.54, 1.807) is 38.4 Å². The van der Waals surface area contributed by atoms with Crippen LogP contribution in [0, 0.1) is 0 Å². The number of aromatic nitrogens is 4. The van der Waals surface area contributed by atoms with E-state index in [1.165, 1.54) is 27.4 Å². The molecule has 11 heteroatoms. The number of benzene rings is 1. The number of carbonyl (C=O) groups is 2. The number of hydrogen-bond acceptors (Lipinski definition) is 6. The third kappa shape index (κ3) is 3.66. The summed E-state index contributed by atoms with van der Waals surface area (Å²) in [6.45, 7) is -0.0680. The van der Waals surface area contributed by atoms with Crippen LogP contribution in [0.3, 0.4) is 0 Å². The SMILES string of the molecule is COc1ccc(NC(=O)C2CCCN2C(=O)Cn2c(=O)c3c(ncn3C)n(C)c2=O)cc1. The topological polar surface area (TPSA) is 120 Å². The fourth-order valence-electron chi connectivity index (χ4n) is 4.00. The van der Waals surface area contributed by atoms with Gasteiger partial charge in [-0.15, -0.1) is 0 Å². The average Bonchev–Trinajstić information content (AvgIpc) is 3.43. The maximum Gasteiger partial charge on any atom is 0.332 e.